The van der Waals surface area contributed by atoms with Gasteiger partial charge in [0, 0.05) is 25.0 Å². The SMILES string of the molecule is COc1ccc(N(C)Cc2cccc(N)c2C)cc1. The molecule has 3 nitrogen and oxygen atoms in total. The Bertz CT molecular complexity index is 549. The highest BCUT2D eigenvalue weighted by atomic mass is 16.5. The third kappa shape index (κ3) is 2.99. The average Bonchev–Trinajstić information content (AvgIpc) is 2.44. The second kappa shape index (κ2) is 5.65. The molecule has 0 aliphatic carbocycles. The van der Waals surface area contributed by atoms with Crippen LogP contribution in [0.4, 0.5) is 11.4 Å². The van der Waals surface area contributed by atoms with E-state index in [9.17, 15) is 0 Å². The van der Waals surface area contributed by atoms with Gasteiger partial charge in [0.1, 0.15) is 5.75 Å². The van der Waals surface area contributed by atoms with E-state index in [0.717, 1.165) is 29.2 Å². The first kappa shape index (κ1) is 13.3. The van der Waals surface area contributed by atoms with Crippen molar-refractivity contribution < 1.29 is 4.74 Å². The number of benzene rings is 2. The van der Waals surface area contributed by atoms with Crippen LogP contribution in [0.15, 0.2) is 42.5 Å². The molecule has 0 heterocycles. The maximum atomic E-state index is 5.94. The fraction of sp³-hybridized carbons (Fsp3) is 0.250. The molecule has 19 heavy (non-hydrogen) atoms. The summed E-state index contributed by atoms with van der Waals surface area (Å²) >= 11 is 0. The maximum Gasteiger partial charge on any atom is 0.119 e. The topological polar surface area (TPSA) is 38.5 Å². The maximum absolute atomic E-state index is 5.94. The predicted octanol–water partition coefficient (Wildman–Crippen LogP) is 3.22. The van der Waals surface area contributed by atoms with Gasteiger partial charge in [-0.2, -0.15) is 0 Å². The second-order valence-corrected chi connectivity index (χ2v) is 4.69. The van der Waals surface area contributed by atoms with E-state index in [1.165, 1.54) is 5.56 Å². The Morgan fingerprint density at radius 1 is 1.11 bits per heavy atom. The summed E-state index contributed by atoms with van der Waals surface area (Å²) in [5, 5.41) is 0. The lowest BCUT2D eigenvalue weighted by Crippen LogP contribution is -2.17. The van der Waals surface area contributed by atoms with Crippen molar-refractivity contribution in [3.8, 4) is 5.75 Å². The Morgan fingerprint density at radius 3 is 2.42 bits per heavy atom. The Hall–Kier alpha value is -2.16. The second-order valence-electron chi connectivity index (χ2n) is 4.69. The van der Waals surface area contributed by atoms with Crippen molar-refractivity contribution in [2.24, 2.45) is 0 Å². The molecule has 0 saturated heterocycles. The first-order valence-electron chi connectivity index (χ1n) is 6.31. The fourth-order valence-corrected chi connectivity index (χ4v) is 2.06. The van der Waals surface area contributed by atoms with E-state index in [-0.39, 0.29) is 0 Å². The number of anilines is 2. The molecule has 2 aromatic carbocycles. The molecule has 0 radical (unpaired) electrons. The summed E-state index contributed by atoms with van der Waals surface area (Å²) in [7, 11) is 3.75. The van der Waals surface area contributed by atoms with Gasteiger partial charge >= 0.3 is 0 Å². The fourth-order valence-electron chi connectivity index (χ4n) is 2.06. The molecule has 0 aromatic heterocycles. The lowest BCUT2D eigenvalue weighted by molar-refractivity contribution is 0.415. The summed E-state index contributed by atoms with van der Waals surface area (Å²) < 4.78 is 5.17. The van der Waals surface area contributed by atoms with E-state index in [2.05, 4.69) is 37.1 Å². The lowest BCUT2D eigenvalue weighted by Gasteiger charge is -2.21. The number of ether oxygens (including phenoxy) is 1. The third-order valence-corrected chi connectivity index (χ3v) is 3.41. The summed E-state index contributed by atoms with van der Waals surface area (Å²) in [6.45, 7) is 2.90. The quantitative estimate of drug-likeness (QED) is 0.854. The van der Waals surface area contributed by atoms with Crippen LogP contribution < -0.4 is 15.4 Å². The molecule has 0 saturated carbocycles. The van der Waals surface area contributed by atoms with Gasteiger partial charge in [-0.15, -0.1) is 0 Å². The molecule has 2 N–H and O–H groups in total. The Labute approximate surface area is 114 Å². The van der Waals surface area contributed by atoms with E-state index in [1.807, 2.05) is 24.3 Å². The molecule has 2 rings (SSSR count). The molecule has 2 aromatic rings. The van der Waals surface area contributed by atoms with Gasteiger partial charge < -0.3 is 15.4 Å². The van der Waals surface area contributed by atoms with Crippen molar-refractivity contribution in [3.63, 3.8) is 0 Å². The van der Waals surface area contributed by atoms with Crippen LogP contribution in [0.1, 0.15) is 11.1 Å². The number of methoxy groups -OCH3 is 1. The highest BCUT2D eigenvalue weighted by Crippen LogP contribution is 2.22. The van der Waals surface area contributed by atoms with Crippen LogP contribution in [0.5, 0.6) is 5.75 Å². The zero-order valence-corrected chi connectivity index (χ0v) is 11.7. The molecule has 0 atom stereocenters. The van der Waals surface area contributed by atoms with Crippen molar-refractivity contribution >= 4 is 11.4 Å². The van der Waals surface area contributed by atoms with Crippen LogP contribution in [0.25, 0.3) is 0 Å². The molecular formula is C16H20N2O. The third-order valence-electron chi connectivity index (χ3n) is 3.41. The number of rotatable bonds is 4. The summed E-state index contributed by atoms with van der Waals surface area (Å²) in [4.78, 5) is 2.20. The first-order chi connectivity index (χ1) is 9.11. The van der Waals surface area contributed by atoms with Gasteiger partial charge in [-0.05, 0) is 48.4 Å². The van der Waals surface area contributed by atoms with Gasteiger partial charge in [-0.25, -0.2) is 0 Å². The van der Waals surface area contributed by atoms with Gasteiger partial charge in [0.25, 0.3) is 0 Å². The van der Waals surface area contributed by atoms with Gasteiger partial charge in [0.2, 0.25) is 0 Å². The molecular weight excluding hydrogens is 236 g/mol. The summed E-state index contributed by atoms with van der Waals surface area (Å²) in [5.74, 6) is 0.872. The zero-order chi connectivity index (χ0) is 13.8. The number of hydrogen-bond acceptors (Lipinski definition) is 3. The molecule has 100 valence electrons. The molecule has 0 unspecified atom stereocenters. The average molecular weight is 256 g/mol. The Morgan fingerprint density at radius 2 is 1.79 bits per heavy atom. The van der Waals surface area contributed by atoms with Crippen LogP contribution in [0.2, 0.25) is 0 Å². The van der Waals surface area contributed by atoms with Gasteiger partial charge in [-0.1, -0.05) is 12.1 Å². The Kier molecular flexibility index (Phi) is 3.95. The lowest BCUT2D eigenvalue weighted by atomic mass is 10.1. The van der Waals surface area contributed by atoms with Crippen molar-refractivity contribution in [1.82, 2.24) is 0 Å². The molecule has 0 fully saturated rings. The standard InChI is InChI=1S/C16H20N2O/c1-12-13(5-4-6-16(12)17)11-18(2)14-7-9-15(19-3)10-8-14/h4-10H,11,17H2,1-3H3. The molecule has 3 heteroatoms. The van der Waals surface area contributed by atoms with Crippen LogP contribution >= 0.6 is 0 Å². The Balaban J connectivity index is 2.15. The van der Waals surface area contributed by atoms with Crippen LogP contribution in [0.3, 0.4) is 0 Å². The monoisotopic (exact) mass is 256 g/mol. The molecule has 0 bridgehead atoms. The minimum Gasteiger partial charge on any atom is -0.497 e. The van der Waals surface area contributed by atoms with Crippen LogP contribution in [0, 0.1) is 6.92 Å². The van der Waals surface area contributed by atoms with Gasteiger partial charge in [0.15, 0.2) is 0 Å². The predicted molar refractivity (Wildman–Crippen MR) is 80.7 cm³/mol. The van der Waals surface area contributed by atoms with Crippen LogP contribution in [-0.2, 0) is 6.54 Å². The van der Waals surface area contributed by atoms with Crippen molar-refractivity contribution in [2.45, 2.75) is 13.5 Å². The van der Waals surface area contributed by atoms with Crippen molar-refractivity contribution in [3.05, 3.63) is 53.6 Å². The largest absolute Gasteiger partial charge is 0.497 e. The number of nitrogen functional groups attached to an aromatic ring is 1. The molecule has 0 aliphatic rings. The zero-order valence-electron chi connectivity index (χ0n) is 11.7. The van der Waals surface area contributed by atoms with Gasteiger partial charge in [0.05, 0.1) is 7.11 Å². The highest BCUT2D eigenvalue weighted by Gasteiger charge is 2.06. The van der Waals surface area contributed by atoms with E-state index < -0.39 is 0 Å². The first-order valence-corrected chi connectivity index (χ1v) is 6.31. The number of hydrogen-bond donors (Lipinski definition) is 1. The van der Waals surface area contributed by atoms with Crippen molar-refractivity contribution in [1.29, 1.82) is 0 Å². The minimum atomic E-state index is 0.837. The van der Waals surface area contributed by atoms with E-state index in [1.54, 1.807) is 7.11 Å². The summed E-state index contributed by atoms with van der Waals surface area (Å²) in [6, 6.07) is 14.1. The normalized spacial score (nSPS) is 10.3. The molecule has 0 spiro atoms. The number of nitrogens with zero attached hydrogens (tertiary/aromatic N) is 1. The summed E-state index contributed by atoms with van der Waals surface area (Å²) in [6.07, 6.45) is 0. The van der Waals surface area contributed by atoms with E-state index >= 15 is 0 Å². The number of nitrogens with two attached hydrogens (primary N) is 1. The van der Waals surface area contributed by atoms with E-state index in [4.69, 9.17) is 10.5 Å². The molecule has 0 aliphatic heterocycles. The minimum absolute atomic E-state index is 0.837. The van der Waals surface area contributed by atoms with Crippen LogP contribution in [-0.4, -0.2) is 14.2 Å². The van der Waals surface area contributed by atoms with E-state index in [0.29, 0.717) is 0 Å². The highest BCUT2D eigenvalue weighted by molar-refractivity contribution is 5.53. The smallest absolute Gasteiger partial charge is 0.119 e. The summed E-state index contributed by atoms with van der Waals surface area (Å²) in [5.41, 5.74) is 10.3. The molecule has 0 amide bonds. The van der Waals surface area contributed by atoms with Crippen molar-refractivity contribution in [2.75, 3.05) is 24.8 Å². The van der Waals surface area contributed by atoms with Gasteiger partial charge in [-0.3, -0.25) is 0 Å².